The summed E-state index contributed by atoms with van der Waals surface area (Å²) in [5.74, 6) is 0.622. The summed E-state index contributed by atoms with van der Waals surface area (Å²) in [5, 5.41) is 0. The Labute approximate surface area is 90.2 Å². The Morgan fingerprint density at radius 2 is 2.20 bits per heavy atom. The largest absolute Gasteiger partial charge is 0.497 e. The lowest BCUT2D eigenvalue weighted by Crippen LogP contribution is -2.44. The molecule has 0 amide bonds. The van der Waals surface area contributed by atoms with Crippen molar-refractivity contribution in [3.05, 3.63) is 29.8 Å². The van der Waals surface area contributed by atoms with Crippen LogP contribution in [0.3, 0.4) is 0 Å². The predicted octanol–water partition coefficient (Wildman–Crippen LogP) is 2.01. The lowest BCUT2D eigenvalue weighted by atomic mass is 9.90. The second kappa shape index (κ2) is 4.45. The third kappa shape index (κ3) is 2.57. The Hall–Kier alpha value is -1.35. The van der Waals surface area contributed by atoms with Gasteiger partial charge < -0.3 is 10.5 Å². The van der Waals surface area contributed by atoms with Crippen molar-refractivity contribution in [2.45, 2.75) is 25.8 Å². The maximum Gasteiger partial charge on any atom is 0.182 e. The highest BCUT2D eigenvalue weighted by molar-refractivity contribution is 6.03. The summed E-state index contributed by atoms with van der Waals surface area (Å²) >= 11 is 0. The summed E-state index contributed by atoms with van der Waals surface area (Å²) in [5.41, 5.74) is 5.69. The summed E-state index contributed by atoms with van der Waals surface area (Å²) in [7, 11) is 1.57. The van der Waals surface area contributed by atoms with Crippen LogP contribution in [0.4, 0.5) is 0 Å². The Morgan fingerprint density at radius 3 is 2.73 bits per heavy atom. The van der Waals surface area contributed by atoms with E-state index in [1.165, 1.54) is 0 Å². The number of carbonyl (C=O) groups is 1. The Morgan fingerprint density at radius 1 is 1.53 bits per heavy atom. The number of hydrogen-bond donors (Lipinski definition) is 1. The number of methoxy groups -OCH3 is 1. The zero-order valence-corrected chi connectivity index (χ0v) is 9.41. The molecule has 15 heavy (non-hydrogen) atoms. The van der Waals surface area contributed by atoms with E-state index in [0.29, 0.717) is 17.7 Å². The molecule has 1 atom stereocenters. The van der Waals surface area contributed by atoms with Crippen LogP contribution in [-0.4, -0.2) is 18.4 Å². The minimum Gasteiger partial charge on any atom is -0.497 e. The number of ketones is 1. The molecule has 0 aliphatic carbocycles. The lowest BCUT2D eigenvalue weighted by molar-refractivity contribution is 0.0897. The first-order valence-corrected chi connectivity index (χ1v) is 4.99. The van der Waals surface area contributed by atoms with Gasteiger partial charge in [0.2, 0.25) is 0 Å². The van der Waals surface area contributed by atoms with Crippen molar-refractivity contribution in [3.8, 4) is 5.75 Å². The van der Waals surface area contributed by atoms with Crippen molar-refractivity contribution in [3.63, 3.8) is 0 Å². The van der Waals surface area contributed by atoms with Crippen LogP contribution in [0.5, 0.6) is 5.75 Å². The molecule has 0 aliphatic heterocycles. The van der Waals surface area contributed by atoms with E-state index in [1.54, 1.807) is 38.3 Å². The number of nitrogens with two attached hydrogens (primary N) is 1. The molecule has 0 fully saturated rings. The fraction of sp³-hybridized carbons (Fsp3) is 0.417. The zero-order valence-electron chi connectivity index (χ0n) is 9.41. The van der Waals surface area contributed by atoms with Gasteiger partial charge in [0, 0.05) is 5.56 Å². The molecule has 0 aliphatic rings. The van der Waals surface area contributed by atoms with Crippen LogP contribution in [0.2, 0.25) is 0 Å². The molecule has 0 saturated heterocycles. The van der Waals surface area contributed by atoms with Crippen LogP contribution in [0, 0.1) is 0 Å². The topological polar surface area (TPSA) is 52.3 Å². The van der Waals surface area contributed by atoms with Crippen molar-refractivity contribution in [1.29, 1.82) is 0 Å². The summed E-state index contributed by atoms with van der Waals surface area (Å²) in [4.78, 5) is 12.0. The van der Waals surface area contributed by atoms with E-state index in [-0.39, 0.29) is 5.78 Å². The van der Waals surface area contributed by atoms with E-state index >= 15 is 0 Å². The van der Waals surface area contributed by atoms with E-state index < -0.39 is 5.54 Å². The molecule has 1 aromatic carbocycles. The smallest absolute Gasteiger partial charge is 0.182 e. The molecule has 82 valence electrons. The molecule has 3 heteroatoms. The van der Waals surface area contributed by atoms with Crippen molar-refractivity contribution >= 4 is 5.78 Å². The number of carbonyl (C=O) groups excluding carboxylic acids is 1. The molecule has 0 spiro atoms. The van der Waals surface area contributed by atoms with Crippen LogP contribution in [-0.2, 0) is 0 Å². The highest BCUT2D eigenvalue weighted by atomic mass is 16.5. The molecular weight excluding hydrogens is 190 g/mol. The second-order valence-corrected chi connectivity index (χ2v) is 3.83. The lowest BCUT2D eigenvalue weighted by Gasteiger charge is -2.21. The zero-order chi connectivity index (χ0) is 11.5. The summed E-state index contributed by atoms with van der Waals surface area (Å²) in [6, 6.07) is 7.06. The van der Waals surface area contributed by atoms with Crippen LogP contribution in [0.15, 0.2) is 24.3 Å². The average molecular weight is 207 g/mol. The third-order valence-electron chi connectivity index (χ3n) is 2.59. The third-order valence-corrected chi connectivity index (χ3v) is 2.59. The Balaban J connectivity index is 3.01. The summed E-state index contributed by atoms with van der Waals surface area (Å²) in [6.45, 7) is 3.65. The number of hydrogen-bond acceptors (Lipinski definition) is 3. The molecule has 1 unspecified atom stereocenters. The van der Waals surface area contributed by atoms with Gasteiger partial charge in [-0.25, -0.2) is 0 Å². The van der Waals surface area contributed by atoms with Crippen LogP contribution < -0.4 is 10.5 Å². The molecule has 0 heterocycles. The molecule has 2 N–H and O–H groups in total. The van der Waals surface area contributed by atoms with Gasteiger partial charge in [-0.1, -0.05) is 19.1 Å². The van der Waals surface area contributed by atoms with Gasteiger partial charge in [0.25, 0.3) is 0 Å². The second-order valence-electron chi connectivity index (χ2n) is 3.83. The first-order valence-electron chi connectivity index (χ1n) is 4.99. The maximum absolute atomic E-state index is 12.0. The van der Waals surface area contributed by atoms with Crippen molar-refractivity contribution in [2.24, 2.45) is 5.73 Å². The molecule has 0 saturated carbocycles. The normalized spacial score (nSPS) is 14.4. The van der Waals surface area contributed by atoms with Crippen LogP contribution in [0.25, 0.3) is 0 Å². The quantitative estimate of drug-likeness (QED) is 0.768. The van der Waals surface area contributed by atoms with E-state index in [9.17, 15) is 4.79 Å². The fourth-order valence-electron chi connectivity index (χ4n) is 1.25. The number of Topliss-reactive ketones (excluding diaryl/α,β-unsaturated/α-hetero) is 1. The number of rotatable bonds is 4. The maximum atomic E-state index is 12.0. The van der Waals surface area contributed by atoms with Gasteiger partial charge in [0.15, 0.2) is 5.78 Å². The predicted molar refractivity (Wildman–Crippen MR) is 60.2 cm³/mol. The molecule has 1 rings (SSSR count). The van der Waals surface area contributed by atoms with E-state index in [0.717, 1.165) is 0 Å². The van der Waals surface area contributed by atoms with E-state index in [1.807, 2.05) is 6.92 Å². The van der Waals surface area contributed by atoms with Gasteiger partial charge in [-0.2, -0.15) is 0 Å². The van der Waals surface area contributed by atoms with E-state index in [2.05, 4.69) is 0 Å². The van der Waals surface area contributed by atoms with Crippen molar-refractivity contribution < 1.29 is 9.53 Å². The van der Waals surface area contributed by atoms with Crippen molar-refractivity contribution in [2.75, 3.05) is 7.11 Å². The number of benzene rings is 1. The van der Waals surface area contributed by atoms with Gasteiger partial charge >= 0.3 is 0 Å². The number of ether oxygens (including phenoxy) is 1. The van der Waals surface area contributed by atoms with Gasteiger partial charge in [-0.05, 0) is 25.5 Å². The first-order chi connectivity index (χ1) is 7.01. The Kier molecular flexibility index (Phi) is 3.48. The van der Waals surface area contributed by atoms with Crippen LogP contribution >= 0.6 is 0 Å². The van der Waals surface area contributed by atoms with E-state index in [4.69, 9.17) is 10.5 Å². The van der Waals surface area contributed by atoms with Gasteiger partial charge in [-0.15, -0.1) is 0 Å². The van der Waals surface area contributed by atoms with Crippen molar-refractivity contribution in [1.82, 2.24) is 0 Å². The summed E-state index contributed by atoms with van der Waals surface area (Å²) in [6.07, 6.45) is 0.614. The monoisotopic (exact) mass is 207 g/mol. The average Bonchev–Trinajstić information content (AvgIpc) is 2.28. The molecule has 0 radical (unpaired) electrons. The van der Waals surface area contributed by atoms with Crippen LogP contribution in [0.1, 0.15) is 30.6 Å². The molecular formula is C12H17NO2. The summed E-state index contributed by atoms with van der Waals surface area (Å²) < 4.78 is 5.06. The minimum absolute atomic E-state index is 0.0519. The Bertz CT molecular complexity index is 358. The van der Waals surface area contributed by atoms with Gasteiger partial charge in [0.05, 0.1) is 12.6 Å². The first kappa shape index (κ1) is 11.7. The molecule has 1 aromatic rings. The highest BCUT2D eigenvalue weighted by Crippen LogP contribution is 2.18. The fourth-order valence-corrected chi connectivity index (χ4v) is 1.25. The molecule has 0 bridgehead atoms. The van der Waals surface area contributed by atoms with Gasteiger partial charge in [-0.3, -0.25) is 4.79 Å². The van der Waals surface area contributed by atoms with Gasteiger partial charge in [0.1, 0.15) is 5.75 Å². The minimum atomic E-state index is -0.799. The highest BCUT2D eigenvalue weighted by Gasteiger charge is 2.27. The standard InChI is InChI=1S/C12H17NO2/c1-4-12(2,13)11(14)9-6-5-7-10(8-9)15-3/h5-8H,4,13H2,1-3H3. The molecule has 3 nitrogen and oxygen atoms in total. The SMILES string of the molecule is CCC(C)(N)C(=O)c1cccc(OC)c1. The molecule has 0 aromatic heterocycles.